The predicted molar refractivity (Wildman–Crippen MR) is 76.3 cm³/mol. The van der Waals surface area contributed by atoms with Crippen molar-refractivity contribution in [3.8, 4) is 0 Å². The van der Waals surface area contributed by atoms with Gasteiger partial charge in [0.15, 0.2) is 0 Å². The third-order valence-electron chi connectivity index (χ3n) is 2.57. The van der Waals surface area contributed by atoms with Crippen molar-refractivity contribution in [2.75, 3.05) is 20.3 Å². The number of methoxy groups -OCH3 is 1. The van der Waals surface area contributed by atoms with E-state index in [0.29, 0.717) is 13.2 Å². The van der Waals surface area contributed by atoms with Crippen molar-refractivity contribution in [1.29, 1.82) is 0 Å². The van der Waals surface area contributed by atoms with E-state index in [1.165, 1.54) is 18.2 Å². The van der Waals surface area contributed by atoms with Crippen LogP contribution < -0.4 is 10.5 Å². The summed E-state index contributed by atoms with van der Waals surface area (Å²) < 4.78 is 27.4. The molecule has 0 bridgehead atoms. The minimum absolute atomic E-state index is 0.0879. The second-order valence-corrected chi connectivity index (χ2v) is 6.11. The van der Waals surface area contributed by atoms with E-state index in [0.717, 1.165) is 12.8 Å². The second-order valence-electron chi connectivity index (χ2n) is 4.14. The molecule has 20 heavy (non-hydrogen) atoms. The first-order valence-corrected chi connectivity index (χ1v) is 7.88. The molecule has 0 fully saturated rings. The number of benzene rings is 1. The van der Waals surface area contributed by atoms with Crippen molar-refractivity contribution < 1.29 is 17.9 Å². The Labute approximate surface area is 123 Å². The van der Waals surface area contributed by atoms with E-state index < -0.39 is 15.9 Å². The summed E-state index contributed by atoms with van der Waals surface area (Å²) in [5.74, 6) is -0.432. The number of primary sulfonamides is 1. The van der Waals surface area contributed by atoms with Crippen LogP contribution in [0.4, 0.5) is 0 Å². The van der Waals surface area contributed by atoms with Crippen molar-refractivity contribution >= 4 is 27.5 Å². The average Bonchev–Trinajstić information content (AvgIpc) is 2.37. The summed E-state index contributed by atoms with van der Waals surface area (Å²) in [6.07, 6.45) is 1.58. The first-order valence-electron chi connectivity index (χ1n) is 5.95. The number of unbranched alkanes of at least 4 members (excludes halogenated alkanes) is 1. The molecular weight excluding hydrogens is 304 g/mol. The monoisotopic (exact) mass is 320 g/mol. The molecule has 0 atom stereocenters. The van der Waals surface area contributed by atoms with Crippen LogP contribution in [-0.4, -0.2) is 34.6 Å². The van der Waals surface area contributed by atoms with Crippen LogP contribution in [0.15, 0.2) is 23.1 Å². The highest BCUT2D eigenvalue weighted by molar-refractivity contribution is 7.89. The van der Waals surface area contributed by atoms with Gasteiger partial charge in [-0.1, -0.05) is 11.6 Å². The van der Waals surface area contributed by atoms with Crippen LogP contribution in [0.5, 0.6) is 0 Å². The molecule has 1 aromatic rings. The molecule has 0 aromatic heterocycles. The quantitative estimate of drug-likeness (QED) is 0.736. The fraction of sp³-hybridized carbons (Fsp3) is 0.417. The van der Waals surface area contributed by atoms with Gasteiger partial charge in [0.1, 0.15) is 0 Å². The van der Waals surface area contributed by atoms with Crippen LogP contribution in [0.1, 0.15) is 23.2 Å². The van der Waals surface area contributed by atoms with Gasteiger partial charge in [-0.2, -0.15) is 0 Å². The molecule has 8 heteroatoms. The molecule has 3 N–H and O–H groups in total. The lowest BCUT2D eigenvalue weighted by Crippen LogP contribution is -2.25. The SMILES string of the molecule is COCCCCNC(=O)c1cc(S(N)(=O)=O)ccc1Cl. The fourth-order valence-corrected chi connectivity index (χ4v) is 2.27. The number of carbonyl (C=O) groups is 1. The van der Waals surface area contributed by atoms with Gasteiger partial charge in [-0.3, -0.25) is 4.79 Å². The molecule has 0 aliphatic heterocycles. The highest BCUT2D eigenvalue weighted by Gasteiger charge is 2.15. The van der Waals surface area contributed by atoms with Gasteiger partial charge in [0, 0.05) is 20.3 Å². The molecule has 6 nitrogen and oxygen atoms in total. The van der Waals surface area contributed by atoms with E-state index in [1.807, 2.05) is 0 Å². The summed E-state index contributed by atoms with van der Waals surface area (Å²) in [6.45, 7) is 1.08. The zero-order chi connectivity index (χ0) is 15.2. The highest BCUT2D eigenvalue weighted by Crippen LogP contribution is 2.19. The number of rotatable bonds is 7. The second kappa shape index (κ2) is 7.58. The Hall–Kier alpha value is -1.15. The summed E-state index contributed by atoms with van der Waals surface area (Å²) in [5, 5.41) is 7.85. The number of halogens is 1. The Kier molecular flexibility index (Phi) is 6.41. The summed E-state index contributed by atoms with van der Waals surface area (Å²) in [7, 11) is -2.26. The van der Waals surface area contributed by atoms with E-state index in [2.05, 4.69) is 5.32 Å². The lowest BCUT2D eigenvalue weighted by atomic mass is 10.2. The molecule has 112 valence electrons. The van der Waals surface area contributed by atoms with Crippen LogP contribution in [0, 0.1) is 0 Å². The number of nitrogens with one attached hydrogen (secondary N) is 1. The molecule has 0 radical (unpaired) electrons. The molecule has 1 rings (SSSR count). The molecule has 0 spiro atoms. The predicted octanol–water partition coefficient (Wildman–Crippen LogP) is 1.14. The molecule has 0 saturated heterocycles. The van der Waals surface area contributed by atoms with Gasteiger partial charge in [-0.15, -0.1) is 0 Å². The molecule has 0 aliphatic carbocycles. The Morgan fingerprint density at radius 3 is 2.70 bits per heavy atom. The zero-order valence-electron chi connectivity index (χ0n) is 11.1. The summed E-state index contributed by atoms with van der Waals surface area (Å²) in [6, 6.07) is 3.76. The Bertz CT molecular complexity index is 575. The summed E-state index contributed by atoms with van der Waals surface area (Å²) in [4.78, 5) is 11.8. The van der Waals surface area contributed by atoms with Crippen LogP contribution >= 0.6 is 11.6 Å². The van der Waals surface area contributed by atoms with Crippen molar-refractivity contribution in [1.82, 2.24) is 5.32 Å². The smallest absolute Gasteiger partial charge is 0.252 e. The molecule has 1 amide bonds. The molecule has 0 heterocycles. The van der Waals surface area contributed by atoms with Gasteiger partial charge < -0.3 is 10.1 Å². The minimum Gasteiger partial charge on any atom is -0.385 e. The van der Waals surface area contributed by atoms with E-state index in [4.69, 9.17) is 21.5 Å². The lowest BCUT2D eigenvalue weighted by molar-refractivity contribution is 0.0951. The molecule has 0 aliphatic rings. The first kappa shape index (κ1) is 16.9. The number of nitrogens with two attached hydrogens (primary N) is 1. The van der Waals surface area contributed by atoms with Gasteiger partial charge >= 0.3 is 0 Å². The van der Waals surface area contributed by atoms with Gasteiger partial charge in [-0.05, 0) is 31.0 Å². The zero-order valence-corrected chi connectivity index (χ0v) is 12.6. The number of sulfonamides is 1. The number of hydrogen-bond acceptors (Lipinski definition) is 4. The molecule has 1 aromatic carbocycles. The first-order chi connectivity index (χ1) is 9.36. The fourth-order valence-electron chi connectivity index (χ4n) is 1.52. The highest BCUT2D eigenvalue weighted by atomic mass is 35.5. The van der Waals surface area contributed by atoms with Gasteiger partial charge in [-0.25, -0.2) is 13.6 Å². The van der Waals surface area contributed by atoms with E-state index >= 15 is 0 Å². The minimum atomic E-state index is -3.86. The third kappa shape index (κ3) is 5.09. The maximum absolute atomic E-state index is 11.9. The van der Waals surface area contributed by atoms with E-state index in [-0.39, 0.29) is 15.5 Å². The normalized spacial score (nSPS) is 11.3. The third-order valence-corrected chi connectivity index (χ3v) is 3.81. The number of amides is 1. The average molecular weight is 321 g/mol. The van der Waals surface area contributed by atoms with Crippen molar-refractivity contribution in [3.05, 3.63) is 28.8 Å². The molecule has 0 unspecified atom stereocenters. The largest absolute Gasteiger partial charge is 0.385 e. The van der Waals surface area contributed by atoms with Crippen molar-refractivity contribution in [2.24, 2.45) is 5.14 Å². The van der Waals surface area contributed by atoms with E-state index in [1.54, 1.807) is 7.11 Å². The molecule has 0 saturated carbocycles. The molecular formula is C12H17ClN2O4S. The van der Waals surface area contributed by atoms with Crippen LogP contribution in [0.25, 0.3) is 0 Å². The number of ether oxygens (including phenoxy) is 1. The van der Waals surface area contributed by atoms with Crippen molar-refractivity contribution in [2.45, 2.75) is 17.7 Å². The maximum atomic E-state index is 11.9. The Morgan fingerprint density at radius 2 is 2.10 bits per heavy atom. The number of carbonyl (C=O) groups excluding carboxylic acids is 1. The van der Waals surface area contributed by atoms with Gasteiger partial charge in [0.25, 0.3) is 5.91 Å². The lowest BCUT2D eigenvalue weighted by Gasteiger charge is -2.08. The van der Waals surface area contributed by atoms with E-state index in [9.17, 15) is 13.2 Å². The van der Waals surface area contributed by atoms with Crippen LogP contribution in [0.3, 0.4) is 0 Å². The van der Waals surface area contributed by atoms with Crippen LogP contribution in [0.2, 0.25) is 5.02 Å². The summed E-state index contributed by atoms with van der Waals surface area (Å²) in [5.41, 5.74) is 0.0879. The Balaban J connectivity index is 2.72. The summed E-state index contributed by atoms with van der Waals surface area (Å²) >= 11 is 5.89. The van der Waals surface area contributed by atoms with Gasteiger partial charge in [0.2, 0.25) is 10.0 Å². The standard InChI is InChI=1S/C12H17ClN2O4S/c1-19-7-3-2-6-15-12(16)10-8-9(20(14,17)18)4-5-11(10)13/h4-5,8H,2-3,6-7H2,1H3,(H,15,16)(H2,14,17,18). The Morgan fingerprint density at radius 1 is 1.40 bits per heavy atom. The van der Waals surface area contributed by atoms with Crippen molar-refractivity contribution in [3.63, 3.8) is 0 Å². The van der Waals surface area contributed by atoms with Gasteiger partial charge in [0.05, 0.1) is 15.5 Å². The van der Waals surface area contributed by atoms with Crippen LogP contribution in [-0.2, 0) is 14.8 Å². The maximum Gasteiger partial charge on any atom is 0.252 e. The number of hydrogen-bond donors (Lipinski definition) is 2. The topological polar surface area (TPSA) is 98.5 Å².